The summed E-state index contributed by atoms with van der Waals surface area (Å²) in [5, 5.41) is 3.46. The first-order valence-corrected chi connectivity index (χ1v) is 8.30. The molecule has 0 spiro atoms. The number of anilines is 3. The van der Waals surface area contributed by atoms with Crippen molar-refractivity contribution in [3.63, 3.8) is 0 Å². The largest absolute Gasteiger partial charge is 0.340 e. The Labute approximate surface area is 138 Å². The van der Waals surface area contributed by atoms with Crippen LogP contribution in [0.1, 0.15) is 18.2 Å². The highest BCUT2D eigenvalue weighted by Crippen LogP contribution is 2.22. The van der Waals surface area contributed by atoms with Crippen molar-refractivity contribution in [1.82, 2.24) is 14.9 Å². The lowest BCUT2D eigenvalue weighted by atomic mass is 10.1. The Bertz CT molecular complexity index is 662. The van der Waals surface area contributed by atoms with Crippen LogP contribution in [0.3, 0.4) is 0 Å². The number of benzene rings is 1. The van der Waals surface area contributed by atoms with Crippen LogP contribution in [0.15, 0.2) is 30.3 Å². The molecule has 0 atom stereocenters. The summed E-state index contributed by atoms with van der Waals surface area (Å²) in [6.45, 7) is 8.26. The fourth-order valence-corrected chi connectivity index (χ4v) is 2.85. The third kappa shape index (κ3) is 3.79. The Kier molecular flexibility index (Phi) is 4.76. The Morgan fingerprint density at radius 2 is 1.83 bits per heavy atom. The molecule has 1 aromatic carbocycles. The predicted octanol–water partition coefficient (Wildman–Crippen LogP) is 2.84. The Hall–Kier alpha value is -2.14. The van der Waals surface area contributed by atoms with E-state index in [0.717, 1.165) is 55.7 Å². The van der Waals surface area contributed by atoms with Crippen molar-refractivity contribution in [1.29, 1.82) is 0 Å². The lowest BCUT2D eigenvalue weighted by molar-refractivity contribution is 0.311. The summed E-state index contributed by atoms with van der Waals surface area (Å²) in [5.74, 6) is 1.70. The molecule has 0 amide bonds. The SMILES string of the molecule is CCc1ccccc1Nc1cc(C)nc(N2CCN(C)CC2)n1. The lowest BCUT2D eigenvalue weighted by Crippen LogP contribution is -2.45. The summed E-state index contributed by atoms with van der Waals surface area (Å²) in [4.78, 5) is 14.0. The highest BCUT2D eigenvalue weighted by molar-refractivity contribution is 5.61. The average Bonchev–Trinajstić information content (AvgIpc) is 2.55. The number of piperazine rings is 1. The summed E-state index contributed by atoms with van der Waals surface area (Å²) in [7, 11) is 2.16. The van der Waals surface area contributed by atoms with Crippen molar-refractivity contribution < 1.29 is 0 Å². The fraction of sp³-hybridized carbons (Fsp3) is 0.444. The molecule has 5 nitrogen and oxygen atoms in total. The first-order chi connectivity index (χ1) is 11.2. The van der Waals surface area contributed by atoms with Gasteiger partial charge in [0.25, 0.3) is 0 Å². The van der Waals surface area contributed by atoms with Gasteiger partial charge in [0.15, 0.2) is 0 Å². The van der Waals surface area contributed by atoms with Crippen molar-refractivity contribution in [2.75, 3.05) is 43.4 Å². The fourth-order valence-electron chi connectivity index (χ4n) is 2.85. The maximum Gasteiger partial charge on any atom is 0.227 e. The number of nitrogens with zero attached hydrogens (tertiary/aromatic N) is 4. The zero-order valence-corrected chi connectivity index (χ0v) is 14.2. The molecular weight excluding hydrogens is 286 g/mol. The van der Waals surface area contributed by atoms with E-state index in [1.807, 2.05) is 13.0 Å². The van der Waals surface area contributed by atoms with E-state index < -0.39 is 0 Å². The molecule has 0 bridgehead atoms. The molecule has 1 aromatic heterocycles. The van der Waals surface area contributed by atoms with Crippen LogP contribution in [0.25, 0.3) is 0 Å². The van der Waals surface area contributed by atoms with Crippen molar-refractivity contribution in [3.05, 3.63) is 41.6 Å². The average molecular weight is 311 g/mol. The number of hydrogen-bond donors (Lipinski definition) is 1. The van der Waals surface area contributed by atoms with Gasteiger partial charge in [-0.3, -0.25) is 0 Å². The zero-order valence-electron chi connectivity index (χ0n) is 14.2. The summed E-state index contributed by atoms with van der Waals surface area (Å²) in [6, 6.07) is 10.4. The van der Waals surface area contributed by atoms with Gasteiger partial charge in [0, 0.05) is 43.6 Å². The van der Waals surface area contributed by atoms with E-state index in [0.29, 0.717) is 0 Å². The molecule has 5 heteroatoms. The number of likely N-dealkylation sites (N-methyl/N-ethyl adjacent to an activating group) is 1. The molecule has 0 aliphatic carbocycles. The Morgan fingerprint density at radius 1 is 1.09 bits per heavy atom. The van der Waals surface area contributed by atoms with Gasteiger partial charge in [0.2, 0.25) is 5.95 Å². The summed E-state index contributed by atoms with van der Waals surface area (Å²) in [5.41, 5.74) is 3.41. The third-order valence-corrected chi connectivity index (χ3v) is 4.29. The summed E-state index contributed by atoms with van der Waals surface area (Å²) >= 11 is 0. The molecule has 2 heterocycles. The number of hydrogen-bond acceptors (Lipinski definition) is 5. The smallest absolute Gasteiger partial charge is 0.227 e. The van der Waals surface area contributed by atoms with Gasteiger partial charge in [-0.15, -0.1) is 0 Å². The molecule has 1 aliphatic rings. The van der Waals surface area contributed by atoms with Crippen molar-refractivity contribution in [3.8, 4) is 0 Å². The van der Waals surface area contributed by atoms with Crippen LogP contribution in [-0.2, 0) is 6.42 Å². The van der Waals surface area contributed by atoms with Crippen molar-refractivity contribution in [2.45, 2.75) is 20.3 Å². The lowest BCUT2D eigenvalue weighted by Gasteiger charge is -2.32. The van der Waals surface area contributed by atoms with Gasteiger partial charge in [-0.05, 0) is 32.0 Å². The normalized spacial score (nSPS) is 15.7. The highest BCUT2D eigenvalue weighted by Gasteiger charge is 2.17. The Balaban J connectivity index is 1.83. The molecule has 1 N–H and O–H groups in total. The molecule has 122 valence electrons. The molecule has 23 heavy (non-hydrogen) atoms. The second-order valence-electron chi connectivity index (χ2n) is 6.12. The highest BCUT2D eigenvalue weighted by atomic mass is 15.3. The molecular formula is C18H25N5. The van der Waals surface area contributed by atoms with Crippen molar-refractivity contribution in [2.24, 2.45) is 0 Å². The van der Waals surface area contributed by atoms with Crippen LogP contribution in [0.5, 0.6) is 0 Å². The van der Waals surface area contributed by atoms with Crippen LogP contribution >= 0.6 is 0 Å². The first-order valence-electron chi connectivity index (χ1n) is 8.30. The van der Waals surface area contributed by atoms with E-state index in [1.165, 1.54) is 5.56 Å². The summed E-state index contributed by atoms with van der Waals surface area (Å²) in [6.07, 6.45) is 0.999. The van der Waals surface area contributed by atoms with Crippen LogP contribution in [0.4, 0.5) is 17.5 Å². The predicted molar refractivity (Wildman–Crippen MR) is 95.6 cm³/mol. The topological polar surface area (TPSA) is 44.3 Å². The zero-order chi connectivity index (χ0) is 16.2. The number of nitrogens with one attached hydrogen (secondary N) is 1. The minimum absolute atomic E-state index is 0.828. The van der Waals surface area contributed by atoms with Gasteiger partial charge < -0.3 is 15.1 Å². The molecule has 2 aromatic rings. The van der Waals surface area contributed by atoms with Crippen LogP contribution < -0.4 is 10.2 Å². The van der Waals surface area contributed by atoms with Gasteiger partial charge in [0.05, 0.1) is 0 Å². The van der Waals surface area contributed by atoms with Gasteiger partial charge in [-0.25, -0.2) is 4.98 Å². The number of rotatable bonds is 4. The quantitative estimate of drug-likeness (QED) is 0.940. The standard InChI is InChI=1S/C18H25N5/c1-4-15-7-5-6-8-16(15)20-17-13-14(2)19-18(21-17)23-11-9-22(3)10-12-23/h5-8,13H,4,9-12H2,1-3H3,(H,19,20,21). The van der Waals surface area contributed by atoms with Gasteiger partial charge in [-0.1, -0.05) is 25.1 Å². The van der Waals surface area contributed by atoms with E-state index in [-0.39, 0.29) is 0 Å². The minimum Gasteiger partial charge on any atom is -0.340 e. The molecule has 1 fully saturated rings. The van der Waals surface area contributed by atoms with Crippen LogP contribution in [-0.4, -0.2) is 48.1 Å². The molecule has 1 saturated heterocycles. The molecule has 0 radical (unpaired) electrons. The maximum absolute atomic E-state index is 4.74. The second kappa shape index (κ2) is 6.96. The van der Waals surface area contributed by atoms with Gasteiger partial charge >= 0.3 is 0 Å². The van der Waals surface area contributed by atoms with Gasteiger partial charge in [0.1, 0.15) is 5.82 Å². The van der Waals surface area contributed by atoms with Crippen LogP contribution in [0, 0.1) is 6.92 Å². The first kappa shape index (κ1) is 15.7. The van der Waals surface area contributed by atoms with Gasteiger partial charge in [-0.2, -0.15) is 4.98 Å². The number of aryl methyl sites for hydroxylation is 2. The Morgan fingerprint density at radius 3 is 2.57 bits per heavy atom. The van der Waals surface area contributed by atoms with E-state index in [9.17, 15) is 0 Å². The third-order valence-electron chi connectivity index (χ3n) is 4.29. The molecule has 3 rings (SSSR count). The van der Waals surface area contributed by atoms with E-state index in [4.69, 9.17) is 4.98 Å². The van der Waals surface area contributed by atoms with Crippen LogP contribution in [0.2, 0.25) is 0 Å². The number of aromatic nitrogens is 2. The molecule has 0 saturated carbocycles. The summed E-state index contributed by atoms with van der Waals surface area (Å²) < 4.78 is 0. The number of para-hydroxylation sites is 1. The molecule has 0 unspecified atom stereocenters. The van der Waals surface area contributed by atoms with E-state index >= 15 is 0 Å². The monoisotopic (exact) mass is 311 g/mol. The van der Waals surface area contributed by atoms with E-state index in [1.54, 1.807) is 0 Å². The van der Waals surface area contributed by atoms with E-state index in [2.05, 4.69) is 58.3 Å². The maximum atomic E-state index is 4.74. The minimum atomic E-state index is 0.828. The second-order valence-corrected chi connectivity index (χ2v) is 6.12. The molecule has 1 aliphatic heterocycles. The van der Waals surface area contributed by atoms with Crippen molar-refractivity contribution >= 4 is 17.5 Å².